The molecule has 1 nitrogen and oxygen atoms in total. The molecule has 0 aliphatic rings. The van der Waals surface area contributed by atoms with Gasteiger partial charge in [-0.05, 0) is 13.0 Å². The molecule has 0 amide bonds. The molecule has 0 unspecified atom stereocenters. The molecular formula is C8H9ClO. The Hall–Kier alpha value is -0.820. The zero-order valence-electron chi connectivity index (χ0n) is 5.70. The van der Waals surface area contributed by atoms with Gasteiger partial charge in [-0.25, -0.2) is 0 Å². The smallest absolute Gasteiger partial charge is 0.150 e. The van der Waals surface area contributed by atoms with Crippen LogP contribution in [-0.2, 0) is 0 Å². The average molecular weight is 157 g/mol. The lowest BCUT2D eigenvalue weighted by Crippen LogP contribution is -1.78. The number of rotatable bonds is 1. The van der Waals surface area contributed by atoms with Crippen molar-refractivity contribution in [3.63, 3.8) is 0 Å². The van der Waals surface area contributed by atoms with Gasteiger partial charge in [-0.1, -0.05) is 23.8 Å². The molecule has 0 bridgehead atoms. The summed E-state index contributed by atoms with van der Waals surface area (Å²) in [6.07, 6.45) is 0.854. The minimum atomic E-state index is 0. The Morgan fingerprint density at radius 2 is 2.10 bits per heavy atom. The van der Waals surface area contributed by atoms with Gasteiger partial charge in [0.1, 0.15) is 6.29 Å². The quantitative estimate of drug-likeness (QED) is 0.570. The van der Waals surface area contributed by atoms with Crippen LogP contribution in [0.1, 0.15) is 15.9 Å². The molecule has 0 aliphatic heterocycles. The Balaban J connectivity index is 0.000000810. The van der Waals surface area contributed by atoms with Crippen molar-refractivity contribution in [2.45, 2.75) is 6.92 Å². The van der Waals surface area contributed by atoms with Gasteiger partial charge < -0.3 is 0 Å². The molecule has 0 N–H and O–H groups in total. The van der Waals surface area contributed by atoms with E-state index in [1.54, 1.807) is 6.07 Å². The van der Waals surface area contributed by atoms with Gasteiger partial charge in [0.25, 0.3) is 0 Å². The van der Waals surface area contributed by atoms with Gasteiger partial charge in [0.2, 0.25) is 0 Å². The third-order valence-corrected chi connectivity index (χ3v) is 1.18. The summed E-state index contributed by atoms with van der Waals surface area (Å²) >= 11 is 0. The summed E-state index contributed by atoms with van der Waals surface area (Å²) in [7, 11) is 0. The van der Waals surface area contributed by atoms with Gasteiger partial charge in [-0.2, -0.15) is 0 Å². The Labute approximate surface area is 66.5 Å². The predicted molar refractivity (Wildman–Crippen MR) is 43.8 cm³/mol. The maximum atomic E-state index is 10.2. The monoisotopic (exact) mass is 156 g/mol. The molecule has 2 heteroatoms. The topological polar surface area (TPSA) is 17.1 Å². The molecule has 1 aromatic carbocycles. The summed E-state index contributed by atoms with van der Waals surface area (Å²) in [6, 6.07) is 7.49. The second kappa shape index (κ2) is 4.07. The first-order valence-corrected chi connectivity index (χ1v) is 2.85. The average Bonchev–Trinajstić information content (AvgIpc) is 1.88. The molecule has 0 aromatic heterocycles. The molecule has 0 radical (unpaired) electrons. The van der Waals surface area contributed by atoms with E-state index in [2.05, 4.69) is 0 Å². The maximum absolute atomic E-state index is 10.2. The minimum Gasteiger partial charge on any atom is -0.298 e. The maximum Gasteiger partial charge on any atom is 0.150 e. The lowest BCUT2D eigenvalue weighted by Gasteiger charge is -1.89. The lowest BCUT2D eigenvalue weighted by molar-refractivity contribution is 0.112. The van der Waals surface area contributed by atoms with Gasteiger partial charge in [0, 0.05) is 5.56 Å². The zero-order chi connectivity index (χ0) is 6.69. The molecule has 0 aliphatic carbocycles. The van der Waals surface area contributed by atoms with E-state index in [4.69, 9.17) is 0 Å². The van der Waals surface area contributed by atoms with E-state index < -0.39 is 0 Å². The van der Waals surface area contributed by atoms with E-state index in [1.165, 1.54) is 0 Å². The van der Waals surface area contributed by atoms with E-state index in [1.807, 2.05) is 25.1 Å². The Morgan fingerprint density at radius 3 is 2.50 bits per heavy atom. The molecule has 0 fully saturated rings. The summed E-state index contributed by atoms with van der Waals surface area (Å²) in [5.74, 6) is 0. The number of hydrogen-bond donors (Lipinski definition) is 0. The van der Waals surface area contributed by atoms with E-state index in [9.17, 15) is 4.79 Å². The van der Waals surface area contributed by atoms with E-state index in [-0.39, 0.29) is 12.4 Å². The number of benzene rings is 1. The fraction of sp³-hybridized carbons (Fsp3) is 0.125. The standard InChI is InChI=1S/C8H8O.ClH/c1-7-3-2-4-8(5-7)6-9;/h2-6H,1H3;1H. The number of hydrogen-bond acceptors (Lipinski definition) is 1. The van der Waals surface area contributed by atoms with Gasteiger partial charge in [0.05, 0.1) is 0 Å². The van der Waals surface area contributed by atoms with Crippen molar-refractivity contribution >= 4 is 18.7 Å². The van der Waals surface area contributed by atoms with Crippen molar-refractivity contribution in [3.05, 3.63) is 35.4 Å². The summed E-state index contributed by atoms with van der Waals surface area (Å²) in [6.45, 7) is 1.97. The Kier molecular flexibility index (Phi) is 3.74. The van der Waals surface area contributed by atoms with Gasteiger partial charge in [0.15, 0.2) is 0 Å². The molecule has 54 valence electrons. The van der Waals surface area contributed by atoms with Crippen LogP contribution in [0.4, 0.5) is 0 Å². The molecule has 0 saturated carbocycles. The van der Waals surface area contributed by atoms with Gasteiger partial charge in [-0.15, -0.1) is 12.4 Å². The number of carbonyl (C=O) groups is 1. The summed E-state index contributed by atoms with van der Waals surface area (Å²) < 4.78 is 0. The number of carbonyl (C=O) groups excluding carboxylic acids is 1. The highest BCUT2D eigenvalue weighted by molar-refractivity contribution is 5.85. The fourth-order valence-electron chi connectivity index (χ4n) is 0.743. The second-order valence-corrected chi connectivity index (χ2v) is 2.03. The van der Waals surface area contributed by atoms with E-state index >= 15 is 0 Å². The highest BCUT2D eigenvalue weighted by Crippen LogP contribution is 1.99. The third-order valence-electron chi connectivity index (χ3n) is 1.18. The number of aryl methyl sites for hydroxylation is 1. The van der Waals surface area contributed by atoms with Crippen LogP contribution < -0.4 is 0 Å². The lowest BCUT2D eigenvalue weighted by atomic mass is 10.2. The third kappa shape index (κ3) is 2.19. The van der Waals surface area contributed by atoms with Gasteiger partial charge >= 0.3 is 0 Å². The molecule has 0 saturated heterocycles. The van der Waals surface area contributed by atoms with Crippen molar-refractivity contribution in [3.8, 4) is 0 Å². The van der Waals surface area contributed by atoms with Crippen LogP contribution in [0.15, 0.2) is 24.3 Å². The fourth-order valence-corrected chi connectivity index (χ4v) is 0.743. The first-order valence-electron chi connectivity index (χ1n) is 2.85. The first-order chi connectivity index (χ1) is 4.33. The molecular weight excluding hydrogens is 148 g/mol. The largest absolute Gasteiger partial charge is 0.298 e. The second-order valence-electron chi connectivity index (χ2n) is 2.03. The van der Waals surface area contributed by atoms with Crippen LogP contribution in [0, 0.1) is 6.92 Å². The van der Waals surface area contributed by atoms with Crippen molar-refractivity contribution in [1.82, 2.24) is 0 Å². The molecule has 10 heavy (non-hydrogen) atoms. The predicted octanol–water partition coefficient (Wildman–Crippen LogP) is 2.23. The summed E-state index contributed by atoms with van der Waals surface area (Å²) in [5.41, 5.74) is 1.87. The minimum absolute atomic E-state index is 0. The normalized spacial score (nSPS) is 8.10. The zero-order valence-corrected chi connectivity index (χ0v) is 6.52. The summed E-state index contributed by atoms with van der Waals surface area (Å²) in [4.78, 5) is 10.2. The number of halogens is 1. The Bertz CT molecular complexity index is 220. The highest BCUT2D eigenvalue weighted by atomic mass is 35.5. The van der Waals surface area contributed by atoms with Gasteiger partial charge in [-0.3, -0.25) is 4.79 Å². The van der Waals surface area contributed by atoms with Crippen LogP contribution in [0.2, 0.25) is 0 Å². The highest BCUT2D eigenvalue weighted by Gasteiger charge is 1.86. The van der Waals surface area contributed by atoms with E-state index in [0.717, 1.165) is 17.4 Å². The molecule has 0 heterocycles. The number of aldehydes is 1. The van der Waals surface area contributed by atoms with Crippen LogP contribution in [0.5, 0.6) is 0 Å². The molecule has 1 aromatic rings. The van der Waals surface area contributed by atoms with Crippen molar-refractivity contribution in [2.24, 2.45) is 0 Å². The summed E-state index contributed by atoms with van der Waals surface area (Å²) in [5, 5.41) is 0. The van der Waals surface area contributed by atoms with E-state index in [0.29, 0.717) is 0 Å². The van der Waals surface area contributed by atoms with Crippen LogP contribution in [-0.4, -0.2) is 6.29 Å². The molecule has 0 atom stereocenters. The Morgan fingerprint density at radius 1 is 1.40 bits per heavy atom. The van der Waals surface area contributed by atoms with Crippen molar-refractivity contribution < 1.29 is 4.79 Å². The van der Waals surface area contributed by atoms with Crippen molar-refractivity contribution in [1.29, 1.82) is 0 Å². The van der Waals surface area contributed by atoms with Crippen molar-refractivity contribution in [2.75, 3.05) is 0 Å². The molecule has 0 spiro atoms. The molecule has 1 rings (SSSR count). The van der Waals surface area contributed by atoms with Crippen LogP contribution in [0.3, 0.4) is 0 Å². The van der Waals surface area contributed by atoms with Crippen LogP contribution >= 0.6 is 12.4 Å². The van der Waals surface area contributed by atoms with Crippen LogP contribution in [0.25, 0.3) is 0 Å². The first kappa shape index (κ1) is 9.18. The SMILES string of the molecule is Cc1cccc(C=O)c1.Cl.